The number of aryl methyl sites for hydroxylation is 1. The van der Waals surface area contributed by atoms with Crippen LogP contribution in [0.1, 0.15) is 37.8 Å². The third-order valence-corrected chi connectivity index (χ3v) is 3.38. The molecule has 0 heterocycles. The number of fused-ring (bicyclic) bond motifs is 1. The van der Waals surface area contributed by atoms with E-state index >= 15 is 0 Å². The summed E-state index contributed by atoms with van der Waals surface area (Å²) in [7, 11) is 0. The molecule has 3 heteroatoms. The molecule has 2 aromatic carbocycles. The number of benzene rings is 2. The number of carbonyl (C=O) groups excluding carboxylic acids is 2. The van der Waals surface area contributed by atoms with Crippen LogP contribution in [0.3, 0.4) is 0 Å². The van der Waals surface area contributed by atoms with E-state index in [9.17, 15) is 14.0 Å². The van der Waals surface area contributed by atoms with E-state index in [1.54, 1.807) is 37.3 Å². The first kappa shape index (κ1) is 11.8. The summed E-state index contributed by atoms with van der Waals surface area (Å²) >= 11 is 0. The van der Waals surface area contributed by atoms with E-state index in [2.05, 4.69) is 0 Å². The SMILES string of the molecule is Cc1cc(F)cc(C2C(=O)c3ccccc3C2=O)c1. The molecule has 2 aromatic rings. The maximum absolute atomic E-state index is 13.4. The van der Waals surface area contributed by atoms with E-state index in [-0.39, 0.29) is 11.6 Å². The average molecular weight is 254 g/mol. The molecule has 3 rings (SSSR count). The Morgan fingerprint density at radius 3 is 2.05 bits per heavy atom. The minimum absolute atomic E-state index is 0.245. The predicted molar refractivity (Wildman–Crippen MR) is 69.0 cm³/mol. The molecular weight excluding hydrogens is 243 g/mol. The van der Waals surface area contributed by atoms with E-state index in [0.29, 0.717) is 22.3 Å². The lowest BCUT2D eigenvalue weighted by Gasteiger charge is -2.08. The molecular formula is C16H11FO2. The van der Waals surface area contributed by atoms with Crippen molar-refractivity contribution in [3.05, 3.63) is 70.5 Å². The molecule has 0 aromatic heterocycles. The van der Waals surface area contributed by atoms with Crippen LogP contribution >= 0.6 is 0 Å². The highest BCUT2D eigenvalue weighted by Gasteiger charge is 2.39. The zero-order valence-corrected chi connectivity index (χ0v) is 10.3. The van der Waals surface area contributed by atoms with Gasteiger partial charge in [-0.25, -0.2) is 4.39 Å². The van der Waals surface area contributed by atoms with E-state index in [0.717, 1.165) is 0 Å². The number of rotatable bonds is 1. The summed E-state index contributed by atoms with van der Waals surface area (Å²) in [6.45, 7) is 1.74. The van der Waals surface area contributed by atoms with Crippen molar-refractivity contribution >= 4 is 11.6 Å². The maximum Gasteiger partial charge on any atom is 0.178 e. The van der Waals surface area contributed by atoms with Crippen molar-refractivity contribution in [3.8, 4) is 0 Å². The van der Waals surface area contributed by atoms with Crippen molar-refractivity contribution in [1.29, 1.82) is 0 Å². The molecule has 94 valence electrons. The molecule has 19 heavy (non-hydrogen) atoms. The van der Waals surface area contributed by atoms with Gasteiger partial charge in [0.2, 0.25) is 0 Å². The van der Waals surface area contributed by atoms with Crippen LogP contribution in [0.4, 0.5) is 4.39 Å². The van der Waals surface area contributed by atoms with Gasteiger partial charge in [0.25, 0.3) is 0 Å². The zero-order valence-electron chi connectivity index (χ0n) is 10.3. The molecule has 0 saturated carbocycles. The molecule has 0 saturated heterocycles. The van der Waals surface area contributed by atoms with Crippen LogP contribution < -0.4 is 0 Å². The van der Waals surface area contributed by atoms with Crippen LogP contribution in [-0.4, -0.2) is 11.6 Å². The highest BCUT2D eigenvalue weighted by molar-refractivity contribution is 6.29. The Bertz CT molecular complexity index is 648. The number of ketones is 2. The highest BCUT2D eigenvalue weighted by Crippen LogP contribution is 2.34. The molecule has 2 nitrogen and oxygen atoms in total. The molecule has 0 unspecified atom stereocenters. The fraction of sp³-hybridized carbons (Fsp3) is 0.125. The number of Topliss-reactive ketones (excluding diaryl/α,β-unsaturated/α-hetero) is 2. The summed E-state index contributed by atoms with van der Waals surface area (Å²) in [6, 6.07) is 11.1. The zero-order chi connectivity index (χ0) is 13.6. The van der Waals surface area contributed by atoms with Crippen LogP contribution in [0.5, 0.6) is 0 Å². The quantitative estimate of drug-likeness (QED) is 0.732. The Kier molecular flexibility index (Phi) is 2.56. The summed E-state index contributed by atoms with van der Waals surface area (Å²) in [4.78, 5) is 24.6. The minimum atomic E-state index is -0.896. The van der Waals surface area contributed by atoms with Crippen LogP contribution in [0.15, 0.2) is 42.5 Å². The maximum atomic E-state index is 13.4. The van der Waals surface area contributed by atoms with Crippen molar-refractivity contribution in [2.75, 3.05) is 0 Å². The smallest absolute Gasteiger partial charge is 0.178 e. The van der Waals surface area contributed by atoms with Crippen LogP contribution in [0.25, 0.3) is 0 Å². The monoisotopic (exact) mass is 254 g/mol. The Morgan fingerprint density at radius 2 is 1.53 bits per heavy atom. The fourth-order valence-corrected chi connectivity index (χ4v) is 2.58. The summed E-state index contributed by atoms with van der Waals surface area (Å²) in [5.41, 5.74) is 1.99. The second-order valence-electron chi connectivity index (χ2n) is 4.77. The summed E-state index contributed by atoms with van der Waals surface area (Å²) in [5, 5.41) is 0. The van der Waals surface area contributed by atoms with Gasteiger partial charge in [-0.1, -0.05) is 30.3 Å². The van der Waals surface area contributed by atoms with Crippen LogP contribution in [0, 0.1) is 12.7 Å². The lowest BCUT2D eigenvalue weighted by molar-refractivity contribution is 0.0890. The second-order valence-corrected chi connectivity index (χ2v) is 4.77. The Balaban J connectivity index is 2.14. The van der Waals surface area contributed by atoms with Gasteiger partial charge in [0.1, 0.15) is 11.7 Å². The number of halogens is 1. The minimum Gasteiger partial charge on any atom is -0.293 e. The van der Waals surface area contributed by atoms with Gasteiger partial charge in [-0.05, 0) is 30.2 Å². The van der Waals surface area contributed by atoms with E-state index < -0.39 is 11.7 Å². The molecule has 0 spiro atoms. The van der Waals surface area contributed by atoms with Gasteiger partial charge in [-0.3, -0.25) is 9.59 Å². The van der Waals surface area contributed by atoms with Crippen LogP contribution in [0.2, 0.25) is 0 Å². The van der Waals surface area contributed by atoms with Crippen molar-refractivity contribution in [1.82, 2.24) is 0 Å². The van der Waals surface area contributed by atoms with Gasteiger partial charge >= 0.3 is 0 Å². The molecule has 0 fully saturated rings. The summed E-state index contributed by atoms with van der Waals surface area (Å²) in [6.07, 6.45) is 0. The lowest BCUT2D eigenvalue weighted by atomic mass is 9.93. The van der Waals surface area contributed by atoms with Crippen LogP contribution in [-0.2, 0) is 0 Å². The molecule has 1 aliphatic carbocycles. The molecule has 0 amide bonds. The Hall–Kier alpha value is -2.29. The van der Waals surface area contributed by atoms with E-state index in [1.165, 1.54) is 12.1 Å². The van der Waals surface area contributed by atoms with E-state index in [1.807, 2.05) is 0 Å². The first-order valence-corrected chi connectivity index (χ1v) is 6.02. The molecule has 1 aliphatic rings. The first-order chi connectivity index (χ1) is 9.08. The van der Waals surface area contributed by atoms with Crippen molar-refractivity contribution in [2.45, 2.75) is 12.8 Å². The molecule has 0 radical (unpaired) electrons. The largest absolute Gasteiger partial charge is 0.293 e. The fourth-order valence-electron chi connectivity index (χ4n) is 2.58. The third kappa shape index (κ3) is 1.78. The normalized spacial score (nSPS) is 14.8. The molecule has 0 N–H and O–H groups in total. The van der Waals surface area contributed by atoms with Gasteiger partial charge in [0, 0.05) is 11.1 Å². The van der Waals surface area contributed by atoms with E-state index in [4.69, 9.17) is 0 Å². The Labute approximate surface area is 109 Å². The number of carbonyl (C=O) groups is 2. The number of hydrogen-bond donors (Lipinski definition) is 0. The lowest BCUT2D eigenvalue weighted by Crippen LogP contribution is -2.13. The average Bonchev–Trinajstić information content (AvgIpc) is 2.61. The standard InChI is InChI=1S/C16H11FO2/c1-9-6-10(8-11(17)7-9)14-15(18)12-4-2-3-5-13(12)16(14)19/h2-8,14H,1H3. The van der Waals surface area contributed by atoms with Gasteiger partial charge in [-0.2, -0.15) is 0 Å². The Morgan fingerprint density at radius 1 is 0.947 bits per heavy atom. The molecule has 0 aliphatic heterocycles. The second kappa shape index (κ2) is 4.12. The summed E-state index contributed by atoms with van der Waals surface area (Å²) < 4.78 is 13.4. The van der Waals surface area contributed by atoms with Gasteiger partial charge in [0.05, 0.1) is 0 Å². The molecule has 0 atom stereocenters. The topological polar surface area (TPSA) is 34.1 Å². The molecule has 0 bridgehead atoms. The highest BCUT2D eigenvalue weighted by atomic mass is 19.1. The predicted octanol–water partition coefficient (Wildman–Crippen LogP) is 3.30. The third-order valence-electron chi connectivity index (χ3n) is 3.38. The summed E-state index contributed by atoms with van der Waals surface area (Å²) in [5.74, 6) is -1.81. The van der Waals surface area contributed by atoms with Gasteiger partial charge in [0.15, 0.2) is 11.6 Å². The van der Waals surface area contributed by atoms with Gasteiger partial charge < -0.3 is 0 Å². The van der Waals surface area contributed by atoms with Crippen molar-refractivity contribution in [3.63, 3.8) is 0 Å². The number of hydrogen-bond acceptors (Lipinski definition) is 2. The first-order valence-electron chi connectivity index (χ1n) is 6.02. The van der Waals surface area contributed by atoms with Crippen molar-refractivity contribution < 1.29 is 14.0 Å². The van der Waals surface area contributed by atoms with Gasteiger partial charge in [-0.15, -0.1) is 0 Å². The van der Waals surface area contributed by atoms with Crippen molar-refractivity contribution in [2.24, 2.45) is 0 Å².